The molecule has 0 saturated heterocycles. The quantitative estimate of drug-likeness (QED) is 0.873. The van der Waals surface area contributed by atoms with Crippen molar-refractivity contribution in [3.8, 4) is 11.3 Å². The summed E-state index contributed by atoms with van der Waals surface area (Å²) in [5.41, 5.74) is 3.42. The van der Waals surface area contributed by atoms with Crippen LogP contribution in [0.2, 0.25) is 0 Å². The van der Waals surface area contributed by atoms with Gasteiger partial charge in [-0.2, -0.15) is 0 Å². The van der Waals surface area contributed by atoms with Crippen LogP contribution in [0.15, 0.2) is 28.9 Å². The number of hydrogen-bond donors (Lipinski definition) is 1. The van der Waals surface area contributed by atoms with E-state index in [2.05, 4.69) is 58.8 Å². The Labute approximate surface area is 104 Å². The van der Waals surface area contributed by atoms with E-state index in [0.29, 0.717) is 5.92 Å². The second-order valence-electron chi connectivity index (χ2n) is 4.25. The maximum absolute atomic E-state index is 4.64. The molecule has 0 amide bonds. The van der Waals surface area contributed by atoms with E-state index in [1.807, 2.05) is 12.1 Å². The number of H-pyrrole nitrogens is 1. The molecule has 0 bridgehead atoms. The van der Waals surface area contributed by atoms with Gasteiger partial charge < -0.3 is 4.98 Å². The summed E-state index contributed by atoms with van der Waals surface area (Å²) in [4.78, 5) is 7.91. The van der Waals surface area contributed by atoms with Gasteiger partial charge in [-0.05, 0) is 28.4 Å². The summed E-state index contributed by atoms with van der Waals surface area (Å²) in [5, 5.41) is 0. The molecule has 1 aromatic carbocycles. The fraction of sp³-hybridized carbons (Fsp3) is 0.308. The zero-order valence-corrected chi connectivity index (χ0v) is 11.3. The van der Waals surface area contributed by atoms with Crippen molar-refractivity contribution in [2.75, 3.05) is 0 Å². The molecule has 0 radical (unpaired) electrons. The average Bonchev–Trinajstić information content (AvgIpc) is 2.61. The van der Waals surface area contributed by atoms with E-state index < -0.39 is 0 Å². The van der Waals surface area contributed by atoms with Gasteiger partial charge in [0.05, 0.1) is 0 Å². The molecule has 84 valence electrons. The molecule has 0 aliphatic heterocycles. The summed E-state index contributed by atoms with van der Waals surface area (Å²) in [6.45, 7) is 6.37. The molecule has 0 unspecified atom stereocenters. The highest BCUT2D eigenvalue weighted by Crippen LogP contribution is 2.29. The number of aryl methyl sites for hydroxylation is 1. The Hall–Kier alpha value is -1.09. The first kappa shape index (κ1) is 11.4. The van der Waals surface area contributed by atoms with Gasteiger partial charge in [0.2, 0.25) is 0 Å². The van der Waals surface area contributed by atoms with E-state index >= 15 is 0 Å². The molecular weight excluding hydrogens is 264 g/mol. The van der Waals surface area contributed by atoms with E-state index in [1.165, 1.54) is 11.1 Å². The second kappa shape index (κ2) is 4.42. The third-order valence-corrected chi connectivity index (χ3v) is 3.20. The van der Waals surface area contributed by atoms with Crippen molar-refractivity contribution in [2.45, 2.75) is 26.7 Å². The number of aromatic nitrogens is 2. The SMILES string of the molecule is Cc1ccccc1-c1nc(C(C)C)[nH]c1Br. The maximum atomic E-state index is 4.64. The smallest absolute Gasteiger partial charge is 0.110 e. The van der Waals surface area contributed by atoms with Crippen molar-refractivity contribution >= 4 is 15.9 Å². The van der Waals surface area contributed by atoms with Crippen molar-refractivity contribution in [3.05, 3.63) is 40.3 Å². The molecule has 3 heteroatoms. The number of halogens is 1. The Balaban J connectivity index is 2.52. The molecule has 1 aromatic heterocycles. The minimum atomic E-state index is 0.411. The van der Waals surface area contributed by atoms with E-state index in [4.69, 9.17) is 0 Å². The second-order valence-corrected chi connectivity index (χ2v) is 5.05. The van der Waals surface area contributed by atoms with E-state index in [1.54, 1.807) is 0 Å². The first-order valence-electron chi connectivity index (χ1n) is 5.41. The van der Waals surface area contributed by atoms with Crippen LogP contribution in [0, 0.1) is 6.92 Å². The third kappa shape index (κ3) is 2.05. The number of nitrogens with zero attached hydrogens (tertiary/aromatic N) is 1. The zero-order chi connectivity index (χ0) is 11.7. The molecule has 2 aromatic rings. The summed E-state index contributed by atoms with van der Waals surface area (Å²) in [6.07, 6.45) is 0. The molecule has 0 fully saturated rings. The fourth-order valence-corrected chi connectivity index (χ4v) is 2.16. The van der Waals surface area contributed by atoms with Gasteiger partial charge >= 0.3 is 0 Å². The van der Waals surface area contributed by atoms with Crippen molar-refractivity contribution in [1.82, 2.24) is 9.97 Å². The lowest BCUT2D eigenvalue weighted by Gasteiger charge is -2.02. The fourth-order valence-electron chi connectivity index (χ4n) is 1.66. The van der Waals surface area contributed by atoms with E-state index in [0.717, 1.165) is 16.1 Å². The van der Waals surface area contributed by atoms with Crippen molar-refractivity contribution < 1.29 is 0 Å². The zero-order valence-electron chi connectivity index (χ0n) is 9.71. The topological polar surface area (TPSA) is 28.7 Å². The molecule has 0 aliphatic rings. The van der Waals surface area contributed by atoms with Gasteiger partial charge in [-0.1, -0.05) is 38.1 Å². The largest absolute Gasteiger partial charge is 0.336 e. The summed E-state index contributed by atoms with van der Waals surface area (Å²) in [7, 11) is 0. The lowest BCUT2D eigenvalue weighted by atomic mass is 10.1. The lowest BCUT2D eigenvalue weighted by molar-refractivity contribution is 0.793. The highest BCUT2D eigenvalue weighted by Gasteiger charge is 2.13. The molecule has 16 heavy (non-hydrogen) atoms. The van der Waals surface area contributed by atoms with Gasteiger partial charge in [0, 0.05) is 11.5 Å². The van der Waals surface area contributed by atoms with Crippen molar-refractivity contribution in [3.63, 3.8) is 0 Å². The van der Waals surface area contributed by atoms with Crippen LogP contribution >= 0.6 is 15.9 Å². The van der Waals surface area contributed by atoms with Crippen molar-refractivity contribution in [1.29, 1.82) is 0 Å². The first-order valence-corrected chi connectivity index (χ1v) is 6.20. The first-order chi connectivity index (χ1) is 7.59. The average molecular weight is 279 g/mol. The minimum absolute atomic E-state index is 0.411. The van der Waals surface area contributed by atoms with Gasteiger partial charge in [-0.15, -0.1) is 0 Å². The van der Waals surface area contributed by atoms with Crippen molar-refractivity contribution in [2.24, 2.45) is 0 Å². The van der Waals surface area contributed by atoms with Crippen LogP contribution in [0.1, 0.15) is 31.2 Å². The number of rotatable bonds is 2. The summed E-state index contributed by atoms with van der Waals surface area (Å²) < 4.78 is 0.963. The number of nitrogens with one attached hydrogen (secondary N) is 1. The highest BCUT2D eigenvalue weighted by molar-refractivity contribution is 9.10. The van der Waals surface area contributed by atoms with Crippen LogP contribution in [-0.2, 0) is 0 Å². The molecule has 0 saturated carbocycles. The molecule has 2 rings (SSSR count). The van der Waals surface area contributed by atoms with Gasteiger partial charge in [0.1, 0.15) is 16.1 Å². The van der Waals surface area contributed by atoms with Crippen LogP contribution in [0.4, 0.5) is 0 Å². The Morgan fingerprint density at radius 3 is 2.50 bits per heavy atom. The van der Waals surface area contributed by atoms with Crippen LogP contribution in [-0.4, -0.2) is 9.97 Å². The van der Waals surface area contributed by atoms with Crippen LogP contribution in [0.25, 0.3) is 11.3 Å². The van der Waals surface area contributed by atoms with Gasteiger partial charge in [-0.3, -0.25) is 0 Å². The Morgan fingerprint density at radius 2 is 1.94 bits per heavy atom. The van der Waals surface area contributed by atoms with Crippen LogP contribution in [0.3, 0.4) is 0 Å². The summed E-state index contributed by atoms with van der Waals surface area (Å²) in [6, 6.07) is 8.28. The standard InChI is InChI=1S/C13H15BrN2/c1-8(2)13-15-11(12(14)16-13)10-7-5-4-6-9(10)3/h4-8H,1-3H3,(H,15,16). The molecule has 0 spiro atoms. The maximum Gasteiger partial charge on any atom is 0.110 e. The normalized spacial score (nSPS) is 11.1. The Bertz CT molecular complexity index is 500. The van der Waals surface area contributed by atoms with Gasteiger partial charge in [0.15, 0.2) is 0 Å². The molecule has 1 N–H and O–H groups in total. The number of hydrogen-bond acceptors (Lipinski definition) is 1. The number of imidazole rings is 1. The molecule has 1 heterocycles. The molecule has 0 aliphatic carbocycles. The molecular formula is C13H15BrN2. The minimum Gasteiger partial charge on any atom is -0.336 e. The van der Waals surface area contributed by atoms with Crippen LogP contribution in [0.5, 0.6) is 0 Å². The van der Waals surface area contributed by atoms with Gasteiger partial charge in [-0.25, -0.2) is 4.98 Å². The number of benzene rings is 1. The molecule has 0 atom stereocenters. The third-order valence-electron chi connectivity index (χ3n) is 2.63. The monoisotopic (exact) mass is 278 g/mol. The highest BCUT2D eigenvalue weighted by atomic mass is 79.9. The molecule has 2 nitrogen and oxygen atoms in total. The Morgan fingerprint density at radius 1 is 1.25 bits per heavy atom. The summed E-state index contributed by atoms with van der Waals surface area (Å²) >= 11 is 3.54. The van der Waals surface area contributed by atoms with Gasteiger partial charge in [0.25, 0.3) is 0 Å². The van der Waals surface area contributed by atoms with E-state index in [-0.39, 0.29) is 0 Å². The predicted octanol–water partition coefficient (Wildman–Crippen LogP) is 4.27. The van der Waals surface area contributed by atoms with E-state index in [9.17, 15) is 0 Å². The lowest BCUT2D eigenvalue weighted by Crippen LogP contribution is -1.89. The Kier molecular flexibility index (Phi) is 3.15. The summed E-state index contributed by atoms with van der Waals surface area (Å²) in [5.74, 6) is 1.43. The predicted molar refractivity (Wildman–Crippen MR) is 70.5 cm³/mol. The van der Waals surface area contributed by atoms with Crippen LogP contribution < -0.4 is 0 Å². The number of aromatic amines is 1.